The zero-order valence-corrected chi connectivity index (χ0v) is 13.9. The molecule has 0 aliphatic carbocycles. The molecule has 0 rings (SSSR count). The molecular formula is C12H22O15. The number of ether oxygens (including phenoxy) is 2. The summed E-state index contributed by atoms with van der Waals surface area (Å²) in [6.07, 6.45) is 0. The first-order valence-electron chi connectivity index (χ1n) is 6.51. The van der Waals surface area contributed by atoms with E-state index in [0.29, 0.717) is 0 Å². The first-order valence-corrected chi connectivity index (χ1v) is 6.51. The van der Waals surface area contributed by atoms with Crippen LogP contribution in [0.2, 0.25) is 0 Å². The van der Waals surface area contributed by atoms with E-state index in [4.69, 9.17) is 55.2 Å². The quantitative estimate of drug-likeness (QED) is 0.163. The van der Waals surface area contributed by atoms with Crippen molar-refractivity contribution in [2.24, 2.45) is 0 Å². The first-order chi connectivity index (χ1) is 12.4. The molecule has 8 N–H and O–H groups in total. The minimum Gasteiger partial charge on any atom is -0.480 e. The number of hydrogen-bond acceptors (Lipinski definition) is 10. The summed E-state index contributed by atoms with van der Waals surface area (Å²) in [5, 5.41) is 61.2. The number of hydrogen-bond donors (Lipinski definition) is 8. The molecule has 15 nitrogen and oxygen atoms in total. The Morgan fingerprint density at radius 2 is 0.667 bits per heavy atom. The van der Waals surface area contributed by atoms with Crippen LogP contribution >= 0.6 is 0 Å². The summed E-state index contributed by atoms with van der Waals surface area (Å²) in [4.78, 5) is 47.1. The molecule has 0 radical (unpaired) electrons. The fraction of sp³-hybridized carbons (Fsp3) is 0.583. The second kappa shape index (κ2) is 25.4. The average Bonchev–Trinajstić information content (AvgIpc) is 2.58. The molecule has 0 heterocycles. The molecule has 15 heteroatoms. The lowest BCUT2D eigenvalue weighted by Crippen LogP contribution is -2.14. The van der Waals surface area contributed by atoms with E-state index in [-0.39, 0.29) is 13.2 Å². The topological polar surface area (TPSA) is 266 Å². The third-order valence-corrected chi connectivity index (χ3v) is 1.23. The van der Waals surface area contributed by atoms with Crippen molar-refractivity contribution in [2.75, 3.05) is 46.2 Å². The molecule has 0 aliphatic rings. The second-order valence-electron chi connectivity index (χ2n) is 3.55. The van der Waals surface area contributed by atoms with Gasteiger partial charge in [0.15, 0.2) is 0 Å². The number of aliphatic hydroxyl groups is 3. The Labute approximate surface area is 151 Å². The lowest BCUT2D eigenvalue weighted by atomic mass is 10.7. The molecule has 0 saturated carbocycles. The van der Waals surface area contributed by atoms with Gasteiger partial charge in [-0.1, -0.05) is 0 Å². The van der Waals surface area contributed by atoms with E-state index in [9.17, 15) is 9.59 Å². The van der Waals surface area contributed by atoms with Crippen LogP contribution in [-0.2, 0) is 33.4 Å². The zero-order chi connectivity index (χ0) is 22.3. The summed E-state index contributed by atoms with van der Waals surface area (Å²) in [5.74, 6) is -5.69. The zero-order valence-electron chi connectivity index (χ0n) is 13.9. The van der Waals surface area contributed by atoms with Gasteiger partial charge in [0.1, 0.15) is 33.0 Å². The highest BCUT2D eigenvalue weighted by atomic mass is 16.5. The van der Waals surface area contributed by atoms with Crippen LogP contribution in [0.3, 0.4) is 0 Å². The van der Waals surface area contributed by atoms with Crippen LogP contribution < -0.4 is 0 Å². The van der Waals surface area contributed by atoms with E-state index in [1.54, 1.807) is 0 Å². The average molecular weight is 406 g/mol. The van der Waals surface area contributed by atoms with Crippen LogP contribution in [0.25, 0.3) is 0 Å². The molecule has 0 aliphatic heterocycles. The molecule has 0 unspecified atom stereocenters. The second-order valence-corrected chi connectivity index (χ2v) is 3.55. The van der Waals surface area contributed by atoms with Crippen molar-refractivity contribution in [3.8, 4) is 0 Å². The van der Waals surface area contributed by atoms with Gasteiger partial charge in [-0.3, -0.25) is 0 Å². The number of carbonyl (C=O) groups is 5. The summed E-state index contributed by atoms with van der Waals surface area (Å²) in [7, 11) is 0. The van der Waals surface area contributed by atoms with E-state index in [0.717, 1.165) is 0 Å². The molecule has 0 saturated heterocycles. The van der Waals surface area contributed by atoms with E-state index in [1.165, 1.54) is 0 Å². The smallest absolute Gasteiger partial charge is 0.329 e. The van der Waals surface area contributed by atoms with Crippen LogP contribution in [-0.4, -0.2) is 117 Å². The van der Waals surface area contributed by atoms with Crippen molar-refractivity contribution in [3.63, 3.8) is 0 Å². The van der Waals surface area contributed by atoms with Gasteiger partial charge in [0, 0.05) is 0 Å². The lowest BCUT2D eigenvalue weighted by molar-refractivity contribution is -0.146. The van der Waals surface area contributed by atoms with E-state index < -0.39 is 62.9 Å². The van der Waals surface area contributed by atoms with E-state index >= 15 is 0 Å². The Morgan fingerprint density at radius 3 is 0.778 bits per heavy atom. The Morgan fingerprint density at radius 1 is 0.481 bits per heavy atom. The molecule has 0 spiro atoms. The van der Waals surface area contributed by atoms with Crippen molar-refractivity contribution in [2.45, 2.75) is 0 Å². The summed E-state index contributed by atoms with van der Waals surface area (Å²) < 4.78 is 9.12. The highest BCUT2D eigenvalue weighted by Crippen LogP contribution is 1.78. The SMILES string of the molecule is O=C(O)CO.O=C(O)CO.O=C(O)CO.O=C(O)COCCOCC(=O)O. The first kappa shape index (κ1) is 31.9. The standard InChI is InChI=1S/C6H10O6.3C2H4O3/c7-5(8)3-11-1-2-12-4-6(9)10;3*3-1-2(4)5/h1-4H2,(H,7,8)(H,9,10);3*3H,1H2,(H,4,5). The number of aliphatic carboxylic acids is 5. The van der Waals surface area contributed by atoms with Crippen molar-refractivity contribution in [1.82, 2.24) is 0 Å². The van der Waals surface area contributed by atoms with Crippen molar-refractivity contribution >= 4 is 29.8 Å². The number of rotatable bonds is 10. The summed E-state index contributed by atoms with van der Waals surface area (Å²) in [5.41, 5.74) is 0. The van der Waals surface area contributed by atoms with Gasteiger partial charge in [0.25, 0.3) is 0 Å². The van der Waals surface area contributed by atoms with Crippen molar-refractivity contribution < 1.29 is 74.3 Å². The van der Waals surface area contributed by atoms with Gasteiger partial charge in [-0.15, -0.1) is 0 Å². The van der Waals surface area contributed by atoms with Crippen molar-refractivity contribution in [3.05, 3.63) is 0 Å². The fourth-order valence-electron chi connectivity index (χ4n) is 0.437. The maximum Gasteiger partial charge on any atom is 0.329 e. The minimum atomic E-state index is -1.19. The molecule has 160 valence electrons. The molecule has 0 fully saturated rings. The largest absolute Gasteiger partial charge is 0.480 e. The van der Waals surface area contributed by atoms with Crippen LogP contribution in [0, 0.1) is 0 Å². The van der Waals surface area contributed by atoms with Gasteiger partial charge in [0.2, 0.25) is 0 Å². The Hall–Kier alpha value is -2.85. The van der Waals surface area contributed by atoms with Gasteiger partial charge in [-0.05, 0) is 0 Å². The highest BCUT2D eigenvalue weighted by Gasteiger charge is 1.97. The van der Waals surface area contributed by atoms with Crippen LogP contribution in [0.1, 0.15) is 0 Å². The van der Waals surface area contributed by atoms with Crippen molar-refractivity contribution in [1.29, 1.82) is 0 Å². The van der Waals surface area contributed by atoms with Gasteiger partial charge < -0.3 is 50.3 Å². The Kier molecular flexibility index (Phi) is 30.0. The molecule has 0 atom stereocenters. The summed E-state index contributed by atoms with van der Waals surface area (Å²) in [6, 6.07) is 0. The molecule has 0 bridgehead atoms. The molecular weight excluding hydrogens is 384 g/mol. The van der Waals surface area contributed by atoms with Crippen LogP contribution in [0.4, 0.5) is 0 Å². The molecule has 27 heavy (non-hydrogen) atoms. The predicted octanol–water partition coefficient (Wildman–Crippen LogP) is -3.62. The number of aliphatic hydroxyl groups excluding tert-OH is 3. The number of carboxylic acids is 5. The molecule has 0 aromatic heterocycles. The predicted molar refractivity (Wildman–Crippen MR) is 81.1 cm³/mol. The maximum atomic E-state index is 9.88. The maximum absolute atomic E-state index is 9.88. The molecule has 0 aromatic rings. The lowest BCUT2D eigenvalue weighted by Gasteiger charge is -2.00. The van der Waals surface area contributed by atoms with E-state index in [1.807, 2.05) is 0 Å². The van der Waals surface area contributed by atoms with Crippen LogP contribution in [0.5, 0.6) is 0 Å². The third kappa shape index (κ3) is 70.1. The molecule has 0 amide bonds. The Bertz CT molecular complexity index is 368. The van der Waals surface area contributed by atoms with Gasteiger partial charge in [0.05, 0.1) is 13.2 Å². The Balaban J connectivity index is -0.000000147. The number of carboxylic acid groups (broad SMARTS) is 5. The summed E-state index contributed by atoms with van der Waals surface area (Å²) in [6.45, 7) is -2.95. The minimum absolute atomic E-state index is 0.0829. The third-order valence-electron chi connectivity index (χ3n) is 1.23. The molecule has 0 aromatic carbocycles. The van der Waals surface area contributed by atoms with Gasteiger partial charge in [-0.25, -0.2) is 24.0 Å². The normalized spacial score (nSPS) is 8.41. The fourth-order valence-corrected chi connectivity index (χ4v) is 0.437. The van der Waals surface area contributed by atoms with Crippen LogP contribution in [0.15, 0.2) is 0 Å². The van der Waals surface area contributed by atoms with Gasteiger partial charge in [-0.2, -0.15) is 0 Å². The van der Waals surface area contributed by atoms with E-state index in [2.05, 4.69) is 9.47 Å². The van der Waals surface area contributed by atoms with Gasteiger partial charge >= 0.3 is 29.8 Å². The monoisotopic (exact) mass is 406 g/mol. The summed E-state index contributed by atoms with van der Waals surface area (Å²) >= 11 is 0. The highest BCUT2D eigenvalue weighted by molar-refractivity contribution is 5.68.